The zero-order valence-electron chi connectivity index (χ0n) is 11.2. The van der Waals surface area contributed by atoms with Crippen LogP contribution in [0.4, 0.5) is 0 Å². The van der Waals surface area contributed by atoms with E-state index in [1.165, 1.54) is 4.68 Å². The predicted octanol–water partition coefficient (Wildman–Crippen LogP) is 4.17. The predicted molar refractivity (Wildman–Crippen MR) is 89.2 cm³/mol. The van der Waals surface area contributed by atoms with Crippen LogP contribution in [-0.2, 0) is 0 Å². The van der Waals surface area contributed by atoms with Crippen molar-refractivity contribution in [2.45, 2.75) is 0 Å². The normalized spacial score (nSPS) is 11.4. The second-order valence-electron chi connectivity index (χ2n) is 4.92. The van der Waals surface area contributed by atoms with Gasteiger partial charge in [-0.05, 0) is 18.2 Å². The number of aromatic amines is 1. The lowest BCUT2D eigenvalue weighted by Gasteiger charge is -2.03. The molecule has 0 saturated carbocycles. The first-order valence-electron chi connectivity index (χ1n) is 6.59. The summed E-state index contributed by atoms with van der Waals surface area (Å²) in [5.41, 5.74) is 1.49. The van der Waals surface area contributed by atoms with Crippen LogP contribution >= 0.6 is 23.2 Å². The van der Waals surface area contributed by atoms with Gasteiger partial charge in [0.25, 0.3) is 5.56 Å². The maximum absolute atomic E-state index is 12.6. The van der Waals surface area contributed by atoms with Gasteiger partial charge in [0.15, 0.2) is 5.52 Å². The van der Waals surface area contributed by atoms with E-state index in [1.54, 1.807) is 24.4 Å². The molecule has 108 valence electrons. The topological polar surface area (TPSA) is 50.7 Å². The Morgan fingerprint density at radius 2 is 1.86 bits per heavy atom. The Labute approximate surface area is 134 Å². The highest BCUT2D eigenvalue weighted by atomic mass is 35.5. The average molecular weight is 330 g/mol. The Balaban J connectivity index is 2.07. The van der Waals surface area contributed by atoms with E-state index in [4.69, 9.17) is 23.2 Å². The van der Waals surface area contributed by atoms with Gasteiger partial charge in [-0.2, -0.15) is 0 Å². The first-order chi connectivity index (χ1) is 10.6. The molecule has 4 aromatic rings. The molecule has 0 spiro atoms. The SMILES string of the molecule is O=c1c2ncc3ccccc3c2[nH]n1-c1ccc(Cl)c(Cl)c1. The third kappa shape index (κ3) is 1.92. The van der Waals surface area contributed by atoms with Gasteiger partial charge in [-0.25, -0.2) is 9.67 Å². The van der Waals surface area contributed by atoms with Gasteiger partial charge in [0, 0.05) is 17.0 Å². The van der Waals surface area contributed by atoms with Crippen LogP contribution in [0.5, 0.6) is 0 Å². The minimum atomic E-state index is -0.223. The molecule has 0 radical (unpaired) electrons. The Kier molecular flexibility index (Phi) is 2.96. The summed E-state index contributed by atoms with van der Waals surface area (Å²) in [5.74, 6) is 0. The number of halogens is 2. The van der Waals surface area contributed by atoms with E-state index >= 15 is 0 Å². The number of fused-ring (bicyclic) bond motifs is 3. The lowest BCUT2D eigenvalue weighted by molar-refractivity contribution is 0.864. The maximum atomic E-state index is 12.6. The molecule has 0 amide bonds. The number of nitrogens with zero attached hydrogens (tertiary/aromatic N) is 2. The second-order valence-corrected chi connectivity index (χ2v) is 5.73. The highest BCUT2D eigenvalue weighted by Crippen LogP contribution is 2.25. The molecule has 0 bridgehead atoms. The van der Waals surface area contributed by atoms with Gasteiger partial charge >= 0.3 is 0 Å². The Bertz CT molecular complexity index is 1080. The minimum Gasteiger partial charge on any atom is -0.288 e. The van der Waals surface area contributed by atoms with Crippen LogP contribution in [0, 0.1) is 0 Å². The Morgan fingerprint density at radius 1 is 1.05 bits per heavy atom. The minimum absolute atomic E-state index is 0.223. The van der Waals surface area contributed by atoms with Crippen LogP contribution in [0.25, 0.3) is 27.5 Å². The second kappa shape index (κ2) is 4.87. The van der Waals surface area contributed by atoms with Crippen molar-refractivity contribution in [3.8, 4) is 5.69 Å². The van der Waals surface area contributed by atoms with Gasteiger partial charge in [0.2, 0.25) is 0 Å². The van der Waals surface area contributed by atoms with E-state index in [9.17, 15) is 4.79 Å². The van der Waals surface area contributed by atoms with E-state index in [2.05, 4.69) is 10.1 Å². The number of aromatic nitrogens is 3. The Morgan fingerprint density at radius 3 is 2.68 bits per heavy atom. The van der Waals surface area contributed by atoms with Crippen molar-refractivity contribution in [1.82, 2.24) is 14.8 Å². The summed E-state index contributed by atoms with van der Waals surface area (Å²) in [6.07, 6.45) is 1.70. The summed E-state index contributed by atoms with van der Waals surface area (Å²) in [5, 5.41) is 5.86. The quantitative estimate of drug-likeness (QED) is 0.569. The zero-order chi connectivity index (χ0) is 15.3. The summed E-state index contributed by atoms with van der Waals surface area (Å²) in [6.45, 7) is 0. The Hall–Kier alpha value is -2.30. The molecule has 2 aromatic carbocycles. The van der Waals surface area contributed by atoms with Crippen molar-refractivity contribution in [2.75, 3.05) is 0 Å². The maximum Gasteiger partial charge on any atom is 0.297 e. The van der Waals surface area contributed by atoms with E-state index in [0.29, 0.717) is 26.8 Å². The number of benzene rings is 2. The van der Waals surface area contributed by atoms with Gasteiger partial charge in [0.05, 0.1) is 21.2 Å². The van der Waals surface area contributed by atoms with Gasteiger partial charge < -0.3 is 0 Å². The van der Waals surface area contributed by atoms with Gasteiger partial charge in [-0.15, -0.1) is 0 Å². The van der Waals surface area contributed by atoms with Crippen LogP contribution in [0.1, 0.15) is 0 Å². The number of nitrogens with one attached hydrogen (secondary N) is 1. The molecule has 0 aliphatic carbocycles. The lowest BCUT2D eigenvalue weighted by atomic mass is 10.1. The molecule has 2 heterocycles. The van der Waals surface area contributed by atoms with E-state index in [0.717, 1.165) is 10.8 Å². The van der Waals surface area contributed by atoms with Crippen LogP contribution < -0.4 is 5.56 Å². The smallest absolute Gasteiger partial charge is 0.288 e. The average Bonchev–Trinajstić information content (AvgIpc) is 2.88. The first kappa shape index (κ1) is 13.4. The number of hydrogen-bond acceptors (Lipinski definition) is 2. The summed E-state index contributed by atoms with van der Waals surface area (Å²) in [7, 11) is 0. The monoisotopic (exact) mass is 329 g/mol. The van der Waals surface area contributed by atoms with Crippen LogP contribution in [0.3, 0.4) is 0 Å². The molecule has 0 aliphatic rings. The molecule has 1 N–H and O–H groups in total. The van der Waals surface area contributed by atoms with Gasteiger partial charge in [-0.3, -0.25) is 9.89 Å². The number of pyridine rings is 1. The summed E-state index contributed by atoms with van der Waals surface area (Å²) < 4.78 is 1.42. The van der Waals surface area contributed by atoms with Crippen LogP contribution in [0.2, 0.25) is 10.0 Å². The number of H-pyrrole nitrogens is 1. The standard InChI is InChI=1S/C16H9Cl2N3O/c17-12-6-5-10(7-13(12)18)21-16(22)15-14(20-21)11-4-2-1-3-9(11)8-19-15/h1-8,20H. The fourth-order valence-corrected chi connectivity index (χ4v) is 2.81. The molecule has 0 fully saturated rings. The van der Waals surface area contributed by atoms with Crippen molar-refractivity contribution in [1.29, 1.82) is 0 Å². The van der Waals surface area contributed by atoms with Crippen LogP contribution in [0.15, 0.2) is 53.5 Å². The molecular weight excluding hydrogens is 321 g/mol. The molecule has 6 heteroatoms. The molecule has 0 saturated heterocycles. The third-order valence-electron chi connectivity index (χ3n) is 3.59. The number of rotatable bonds is 1. The van der Waals surface area contributed by atoms with E-state index in [-0.39, 0.29) is 5.56 Å². The highest BCUT2D eigenvalue weighted by Gasteiger charge is 2.13. The third-order valence-corrected chi connectivity index (χ3v) is 4.33. The van der Waals surface area contributed by atoms with Crippen molar-refractivity contribution in [3.05, 3.63) is 69.1 Å². The van der Waals surface area contributed by atoms with Crippen molar-refractivity contribution >= 4 is 45.0 Å². The van der Waals surface area contributed by atoms with E-state index in [1.807, 2.05) is 24.3 Å². The van der Waals surface area contributed by atoms with Crippen LogP contribution in [-0.4, -0.2) is 14.8 Å². The zero-order valence-corrected chi connectivity index (χ0v) is 12.7. The summed E-state index contributed by atoms with van der Waals surface area (Å²) >= 11 is 12.0. The van der Waals surface area contributed by atoms with E-state index < -0.39 is 0 Å². The van der Waals surface area contributed by atoms with Crippen molar-refractivity contribution in [3.63, 3.8) is 0 Å². The molecular formula is C16H9Cl2N3O. The molecule has 0 unspecified atom stereocenters. The molecule has 0 atom stereocenters. The van der Waals surface area contributed by atoms with Gasteiger partial charge in [0.1, 0.15) is 0 Å². The first-order valence-corrected chi connectivity index (χ1v) is 7.34. The summed E-state index contributed by atoms with van der Waals surface area (Å²) in [6, 6.07) is 12.8. The van der Waals surface area contributed by atoms with Gasteiger partial charge in [-0.1, -0.05) is 47.5 Å². The number of hydrogen-bond donors (Lipinski definition) is 1. The molecule has 4 nitrogen and oxygen atoms in total. The molecule has 4 rings (SSSR count). The fourth-order valence-electron chi connectivity index (χ4n) is 2.51. The van der Waals surface area contributed by atoms with Crippen molar-refractivity contribution in [2.24, 2.45) is 0 Å². The summed E-state index contributed by atoms with van der Waals surface area (Å²) in [4.78, 5) is 16.8. The lowest BCUT2D eigenvalue weighted by Crippen LogP contribution is -2.14. The largest absolute Gasteiger partial charge is 0.297 e. The van der Waals surface area contributed by atoms with Crippen molar-refractivity contribution < 1.29 is 0 Å². The molecule has 0 aliphatic heterocycles. The molecule has 22 heavy (non-hydrogen) atoms. The fraction of sp³-hybridized carbons (Fsp3) is 0. The molecule has 2 aromatic heterocycles. The highest BCUT2D eigenvalue weighted by molar-refractivity contribution is 6.42.